The minimum Gasteiger partial charge on any atom is -0.381 e. The van der Waals surface area contributed by atoms with Crippen LogP contribution in [0.5, 0.6) is 0 Å². The molecule has 0 aromatic heterocycles. The molecule has 0 atom stereocenters. The highest BCUT2D eigenvalue weighted by molar-refractivity contribution is 5.30. The first kappa shape index (κ1) is 11.6. The Labute approximate surface area is 98.0 Å². The molecule has 0 bridgehead atoms. The summed E-state index contributed by atoms with van der Waals surface area (Å²) in [5.41, 5.74) is 4.14. The Bertz CT molecular complexity index is 343. The molecule has 2 heteroatoms. The minimum absolute atomic E-state index is 0.633. The van der Waals surface area contributed by atoms with Gasteiger partial charge in [0, 0.05) is 25.8 Å². The van der Waals surface area contributed by atoms with Crippen LogP contribution < -0.4 is 5.32 Å². The standard InChI is InChI=1S/C14H21NO/c1-11-3-4-12(2)13(9-11)10-15-14-5-7-16-8-6-14/h3-4,9,14-15H,5-8,10H2,1-2H3. The third-order valence-electron chi connectivity index (χ3n) is 3.31. The van der Waals surface area contributed by atoms with Crippen LogP contribution in [0.1, 0.15) is 29.5 Å². The van der Waals surface area contributed by atoms with E-state index >= 15 is 0 Å². The number of benzene rings is 1. The van der Waals surface area contributed by atoms with Crippen LogP contribution in [0.25, 0.3) is 0 Å². The molecular weight excluding hydrogens is 198 g/mol. The molecule has 1 N–H and O–H groups in total. The van der Waals surface area contributed by atoms with Crippen molar-refractivity contribution in [2.24, 2.45) is 0 Å². The van der Waals surface area contributed by atoms with Crippen LogP contribution >= 0.6 is 0 Å². The zero-order valence-electron chi connectivity index (χ0n) is 10.3. The fraction of sp³-hybridized carbons (Fsp3) is 0.571. The monoisotopic (exact) mass is 219 g/mol. The molecule has 1 heterocycles. The third-order valence-corrected chi connectivity index (χ3v) is 3.31. The lowest BCUT2D eigenvalue weighted by molar-refractivity contribution is 0.0776. The smallest absolute Gasteiger partial charge is 0.0480 e. The van der Waals surface area contributed by atoms with E-state index in [1.54, 1.807) is 0 Å². The van der Waals surface area contributed by atoms with E-state index in [-0.39, 0.29) is 0 Å². The molecule has 1 aromatic rings. The normalized spacial score (nSPS) is 17.6. The van der Waals surface area contributed by atoms with Crippen molar-refractivity contribution in [3.8, 4) is 0 Å². The van der Waals surface area contributed by atoms with Crippen molar-refractivity contribution in [3.63, 3.8) is 0 Å². The molecule has 1 fully saturated rings. The Morgan fingerprint density at radius 2 is 2.00 bits per heavy atom. The van der Waals surface area contributed by atoms with E-state index < -0.39 is 0 Å². The van der Waals surface area contributed by atoms with Crippen LogP contribution in [-0.4, -0.2) is 19.3 Å². The lowest BCUT2D eigenvalue weighted by Crippen LogP contribution is -2.34. The lowest BCUT2D eigenvalue weighted by Gasteiger charge is -2.23. The zero-order valence-corrected chi connectivity index (χ0v) is 10.3. The first-order valence-corrected chi connectivity index (χ1v) is 6.13. The maximum Gasteiger partial charge on any atom is 0.0480 e. The van der Waals surface area contributed by atoms with E-state index in [2.05, 4.69) is 37.4 Å². The summed E-state index contributed by atoms with van der Waals surface area (Å²) in [7, 11) is 0. The predicted molar refractivity (Wildman–Crippen MR) is 66.6 cm³/mol. The molecule has 2 rings (SSSR count). The number of aryl methyl sites for hydroxylation is 2. The molecule has 0 saturated carbocycles. The molecule has 16 heavy (non-hydrogen) atoms. The lowest BCUT2D eigenvalue weighted by atomic mass is 10.0. The molecule has 1 aliphatic heterocycles. The van der Waals surface area contributed by atoms with Crippen LogP contribution in [0, 0.1) is 13.8 Å². The van der Waals surface area contributed by atoms with Gasteiger partial charge in [0.25, 0.3) is 0 Å². The second-order valence-corrected chi connectivity index (χ2v) is 4.70. The van der Waals surface area contributed by atoms with Gasteiger partial charge in [0.15, 0.2) is 0 Å². The number of nitrogens with one attached hydrogen (secondary N) is 1. The van der Waals surface area contributed by atoms with Crippen molar-refractivity contribution in [2.75, 3.05) is 13.2 Å². The molecule has 1 aromatic carbocycles. The van der Waals surface area contributed by atoms with Gasteiger partial charge in [0.2, 0.25) is 0 Å². The summed E-state index contributed by atoms with van der Waals surface area (Å²) in [5.74, 6) is 0. The number of ether oxygens (including phenoxy) is 1. The second-order valence-electron chi connectivity index (χ2n) is 4.70. The molecule has 0 unspecified atom stereocenters. The van der Waals surface area contributed by atoms with Crippen LogP contribution in [-0.2, 0) is 11.3 Å². The maximum absolute atomic E-state index is 5.35. The third kappa shape index (κ3) is 3.06. The summed E-state index contributed by atoms with van der Waals surface area (Å²) in [4.78, 5) is 0. The first-order chi connectivity index (χ1) is 7.75. The average Bonchev–Trinajstić information content (AvgIpc) is 2.32. The van der Waals surface area contributed by atoms with Crippen molar-refractivity contribution in [2.45, 2.75) is 39.3 Å². The van der Waals surface area contributed by atoms with Gasteiger partial charge in [-0.15, -0.1) is 0 Å². The molecular formula is C14H21NO. The van der Waals surface area contributed by atoms with Crippen LogP contribution in [0.15, 0.2) is 18.2 Å². The van der Waals surface area contributed by atoms with Gasteiger partial charge < -0.3 is 10.1 Å². The fourth-order valence-electron chi connectivity index (χ4n) is 2.15. The topological polar surface area (TPSA) is 21.3 Å². The molecule has 2 nitrogen and oxygen atoms in total. The van der Waals surface area contributed by atoms with Gasteiger partial charge in [-0.2, -0.15) is 0 Å². The summed E-state index contributed by atoms with van der Waals surface area (Å²) in [5, 5.41) is 3.63. The van der Waals surface area contributed by atoms with Gasteiger partial charge in [-0.05, 0) is 37.8 Å². The van der Waals surface area contributed by atoms with Gasteiger partial charge >= 0.3 is 0 Å². The van der Waals surface area contributed by atoms with Crippen LogP contribution in [0.4, 0.5) is 0 Å². The van der Waals surface area contributed by atoms with E-state index in [9.17, 15) is 0 Å². The first-order valence-electron chi connectivity index (χ1n) is 6.13. The Balaban J connectivity index is 1.90. The average molecular weight is 219 g/mol. The number of hydrogen-bond acceptors (Lipinski definition) is 2. The van der Waals surface area contributed by atoms with Crippen molar-refractivity contribution in [1.29, 1.82) is 0 Å². The molecule has 0 spiro atoms. The highest BCUT2D eigenvalue weighted by atomic mass is 16.5. The summed E-state index contributed by atoms with van der Waals surface area (Å²) in [6.45, 7) is 7.13. The Morgan fingerprint density at radius 3 is 2.75 bits per heavy atom. The summed E-state index contributed by atoms with van der Waals surface area (Å²) in [6, 6.07) is 7.29. The number of hydrogen-bond donors (Lipinski definition) is 1. The van der Waals surface area contributed by atoms with Crippen molar-refractivity contribution < 1.29 is 4.74 Å². The largest absolute Gasteiger partial charge is 0.381 e. The molecule has 0 radical (unpaired) electrons. The summed E-state index contributed by atoms with van der Waals surface area (Å²) in [6.07, 6.45) is 2.29. The van der Waals surface area contributed by atoms with Crippen molar-refractivity contribution in [3.05, 3.63) is 34.9 Å². The van der Waals surface area contributed by atoms with E-state index in [1.165, 1.54) is 16.7 Å². The Morgan fingerprint density at radius 1 is 1.25 bits per heavy atom. The van der Waals surface area contributed by atoms with Crippen molar-refractivity contribution in [1.82, 2.24) is 5.32 Å². The summed E-state index contributed by atoms with van der Waals surface area (Å²) >= 11 is 0. The zero-order chi connectivity index (χ0) is 11.4. The van der Waals surface area contributed by atoms with Gasteiger partial charge in [-0.25, -0.2) is 0 Å². The second kappa shape index (κ2) is 5.46. The van der Waals surface area contributed by atoms with Crippen LogP contribution in [0.3, 0.4) is 0 Å². The van der Waals surface area contributed by atoms with Gasteiger partial charge in [-0.1, -0.05) is 23.8 Å². The SMILES string of the molecule is Cc1ccc(C)c(CNC2CCOCC2)c1. The van der Waals surface area contributed by atoms with Gasteiger partial charge in [-0.3, -0.25) is 0 Å². The van der Waals surface area contributed by atoms with Gasteiger partial charge in [0.05, 0.1) is 0 Å². The minimum atomic E-state index is 0.633. The highest BCUT2D eigenvalue weighted by Gasteiger charge is 2.12. The van der Waals surface area contributed by atoms with Gasteiger partial charge in [0.1, 0.15) is 0 Å². The molecule has 1 saturated heterocycles. The summed E-state index contributed by atoms with van der Waals surface area (Å²) < 4.78 is 5.35. The number of rotatable bonds is 3. The molecule has 0 amide bonds. The van der Waals surface area contributed by atoms with E-state index in [4.69, 9.17) is 4.74 Å². The highest BCUT2D eigenvalue weighted by Crippen LogP contribution is 2.12. The fourth-order valence-corrected chi connectivity index (χ4v) is 2.15. The Hall–Kier alpha value is -0.860. The maximum atomic E-state index is 5.35. The Kier molecular flexibility index (Phi) is 3.97. The predicted octanol–water partition coefficient (Wildman–Crippen LogP) is 2.57. The molecule has 1 aliphatic rings. The quantitative estimate of drug-likeness (QED) is 0.843. The molecule has 88 valence electrons. The van der Waals surface area contributed by atoms with Crippen molar-refractivity contribution >= 4 is 0 Å². The van der Waals surface area contributed by atoms with E-state index in [0.717, 1.165) is 32.6 Å². The molecule has 0 aliphatic carbocycles. The van der Waals surface area contributed by atoms with E-state index in [1.807, 2.05) is 0 Å². The van der Waals surface area contributed by atoms with Crippen LogP contribution in [0.2, 0.25) is 0 Å². The van der Waals surface area contributed by atoms with E-state index in [0.29, 0.717) is 6.04 Å².